The van der Waals surface area contributed by atoms with Crippen molar-refractivity contribution in [1.29, 1.82) is 0 Å². The van der Waals surface area contributed by atoms with E-state index in [2.05, 4.69) is 16.7 Å². The van der Waals surface area contributed by atoms with Crippen molar-refractivity contribution in [2.45, 2.75) is 51.0 Å². The summed E-state index contributed by atoms with van der Waals surface area (Å²) in [7, 11) is 0. The second-order valence-electron chi connectivity index (χ2n) is 7.64. The van der Waals surface area contributed by atoms with Crippen LogP contribution in [0.25, 0.3) is 0 Å². The standard InChI is InChI=1S/C20H27N3O2/c24-19-6-4-16-12-14(3-5-18(16)22-19)13-20(25)23-10-7-15(8-11-23)17-2-1-9-21-17/h3,5,12,15,17,21H,1-2,4,6-11,13H2,(H,22,24). The molecule has 0 aliphatic carbocycles. The van der Waals surface area contributed by atoms with Gasteiger partial charge in [0.2, 0.25) is 11.8 Å². The summed E-state index contributed by atoms with van der Waals surface area (Å²) in [6.45, 7) is 2.94. The molecule has 0 spiro atoms. The molecular formula is C20H27N3O2. The maximum absolute atomic E-state index is 12.7. The summed E-state index contributed by atoms with van der Waals surface area (Å²) >= 11 is 0. The molecule has 1 aromatic rings. The molecular weight excluding hydrogens is 314 g/mol. The Morgan fingerprint density at radius 2 is 2.00 bits per heavy atom. The first-order valence-electron chi connectivity index (χ1n) is 9.62. The Balaban J connectivity index is 1.32. The van der Waals surface area contributed by atoms with E-state index in [0.717, 1.165) is 61.6 Å². The molecule has 2 fully saturated rings. The van der Waals surface area contributed by atoms with Crippen LogP contribution in [-0.2, 0) is 22.4 Å². The van der Waals surface area contributed by atoms with Crippen LogP contribution in [0.4, 0.5) is 5.69 Å². The lowest BCUT2D eigenvalue weighted by Crippen LogP contribution is -2.43. The van der Waals surface area contributed by atoms with E-state index in [1.807, 2.05) is 17.0 Å². The lowest BCUT2D eigenvalue weighted by atomic mass is 9.88. The Morgan fingerprint density at radius 1 is 1.16 bits per heavy atom. The SMILES string of the molecule is O=C1CCc2cc(CC(=O)N3CCC(C4CCCN4)CC3)ccc2N1. The zero-order valence-corrected chi connectivity index (χ0v) is 14.7. The number of piperidine rings is 1. The third kappa shape index (κ3) is 3.71. The van der Waals surface area contributed by atoms with Gasteiger partial charge in [-0.3, -0.25) is 9.59 Å². The summed E-state index contributed by atoms with van der Waals surface area (Å²) < 4.78 is 0. The molecule has 0 bridgehead atoms. The van der Waals surface area contributed by atoms with Crippen molar-refractivity contribution in [2.75, 3.05) is 25.0 Å². The molecule has 1 aromatic carbocycles. The van der Waals surface area contributed by atoms with E-state index < -0.39 is 0 Å². The van der Waals surface area contributed by atoms with Crippen LogP contribution in [0.1, 0.15) is 43.2 Å². The lowest BCUT2D eigenvalue weighted by molar-refractivity contribution is -0.132. The van der Waals surface area contributed by atoms with E-state index in [9.17, 15) is 9.59 Å². The molecule has 5 nitrogen and oxygen atoms in total. The Hall–Kier alpha value is -1.88. The monoisotopic (exact) mass is 341 g/mol. The molecule has 3 aliphatic heterocycles. The fraction of sp³-hybridized carbons (Fsp3) is 0.600. The lowest BCUT2D eigenvalue weighted by Gasteiger charge is -2.35. The van der Waals surface area contributed by atoms with Crippen LogP contribution in [0.5, 0.6) is 0 Å². The minimum atomic E-state index is 0.0796. The van der Waals surface area contributed by atoms with Crippen molar-refractivity contribution in [3.8, 4) is 0 Å². The van der Waals surface area contributed by atoms with E-state index in [-0.39, 0.29) is 11.8 Å². The first kappa shape index (κ1) is 16.6. The second-order valence-corrected chi connectivity index (χ2v) is 7.64. The van der Waals surface area contributed by atoms with Crippen LogP contribution in [0.15, 0.2) is 18.2 Å². The van der Waals surface area contributed by atoms with Gasteiger partial charge in [-0.05, 0) is 61.8 Å². The summed E-state index contributed by atoms with van der Waals surface area (Å²) in [5.41, 5.74) is 3.10. The van der Waals surface area contributed by atoms with Crippen LogP contribution < -0.4 is 10.6 Å². The number of amides is 2. The average molecular weight is 341 g/mol. The number of hydrogen-bond donors (Lipinski definition) is 2. The molecule has 3 aliphatic rings. The highest BCUT2D eigenvalue weighted by Gasteiger charge is 2.29. The van der Waals surface area contributed by atoms with Crippen LogP contribution in [0.2, 0.25) is 0 Å². The molecule has 2 saturated heterocycles. The molecule has 4 rings (SSSR count). The van der Waals surface area contributed by atoms with Gasteiger partial charge >= 0.3 is 0 Å². The Bertz CT molecular complexity index is 659. The van der Waals surface area contributed by atoms with E-state index in [1.54, 1.807) is 0 Å². The predicted molar refractivity (Wildman–Crippen MR) is 97.4 cm³/mol. The Labute approximate surface area is 149 Å². The van der Waals surface area contributed by atoms with Gasteiger partial charge in [-0.1, -0.05) is 12.1 Å². The van der Waals surface area contributed by atoms with Gasteiger partial charge < -0.3 is 15.5 Å². The number of fused-ring (bicyclic) bond motifs is 1. The molecule has 3 heterocycles. The zero-order valence-electron chi connectivity index (χ0n) is 14.7. The normalized spacial score (nSPS) is 24.1. The topological polar surface area (TPSA) is 61.4 Å². The van der Waals surface area contributed by atoms with Gasteiger partial charge in [-0.2, -0.15) is 0 Å². The molecule has 0 saturated carbocycles. The van der Waals surface area contributed by atoms with Crippen LogP contribution in [-0.4, -0.2) is 42.4 Å². The quantitative estimate of drug-likeness (QED) is 0.885. The third-order valence-corrected chi connectivity index (χ3v) is 5.98. The maximum Gasteiger partial charge on any atom is 0.226 e. The number of benzene rings is 1. The van der Waals surface area contributed by atoms with Gasteiger partial charge in [-0.15, -0.1) is 0 Å². The van der Waals surface area contributed by atoms with E-state index in [4.69, 9.17) is 0 Å². The fourth-order valence-electron chi connectivity index (χ4n) is 4.50. The molecule has 134 valence electrons. The van der Waals surface area contributed by atoms with Crippen molar-refractivity contribution in [3.05, 3.63) is 29.3 Å². The highest BCUT2D eigenvalue weighted by Crippen LogP contribution is 2.27. The summed E-state index contributed by atoms with van der Waals surface area (Å²) in [4.78, 5) is 26.1. The number of likely N-dealkylation sites (tertiary alicyclic amines) is 1. The van der Waals surface area contributed by atoms with Crippen molar-refractivity contribution in [1.82, 2.24) is 10.2 Å². The first-order chi connectivity index (χ1) is 12.2. The van der Waals surface area contributed by atoms with Crippen molar-refractivity contribution in [2.24, 2.45) is 5.92 Å². The molecule has 1 atom stereocenters. The summed E-state index contributed by atoms with van der Waals surface area (Å²) in [6.07, 6.45) is 6.61. The number of nitrogens with zero attached hydrogens (tertiary/aromatic N) is 1. The van der Waals surface area contributed by atoms with Crippen molar-refractivity contribution >= 4 is 17.5 Å². The molecule has 0 radical (unpaired) electrons. The number of aryl methyl sites for hydroxylation is 1. The first-order valence-corrected chi connectivity index (χ1v) is 9.62. The number of carbonyl (C=O) groups is 2. The molecule has 2 N–H and O–H groups in total. The smallest absolute Gasteiger partial charge is 0.226 e. The fourth-order valence-corrected chi connectivity index (χ4v) is 4.50. The number of carbonyl (C=O) groups excluding carboxylic acids is 2. The number of nitrogens with one attached hydrogen (secondary N) is 2. The van der Waals surface area contributed by atoms with Gasteiger partial charge in [0.1, 0.15) is 0 Å². The van der Waals surface area contributed by atoms with Crippen LogP contribution >= 0.6 is 0 Å². The van der Waals surface area contributed by atoms with Gasteiger partial charge in [0.05, 0.1) is 6.42 Å². The molecule has 5 heteroatoms. The summed E-state index contributed by atoms with van der Waals surface area (Å²) in [5, 5.41) is 6.50. The number of rotatable bonds is 3. The van der Waals surface area contributed by atoms with Gasteiger partial charge in [0.25, 0.3) is 0 Å². The van der Waals surface area contributed by atoms with E-state index >= 15 is 0 Å². The second kappa shape index (κ2) is 7.16. The number of anilines is 1. The van der Waals surface area contributed by atoms with E-state index in [0.29, 0.717) is 18.9 Å². The highest BCUT2D eigenvalue weighted by molar-refractivity contribution is 5.94. The highest BCUT2D eigenvalue weighted by atomic mass is 16.2. The summed E-state index contributed by atoms with van der Waals surface area (Å²) in [6, 6.07) is 6.67. The average Bonchev–Trinajstić information content (AvgIpc) is 3.17. The predicted octanol–water partition coefficient (Wildman–Crippen LogP) is 2.10. The Kier molecular flexibility index (Phi) is 4.75. The summed E-state index contributed by atoms with van der Waals surface area (Å²) in [5.74, 6) is 1.05. The molecule has 25 heavy (non-hydrogen) atoms. The van der Waals surface area contributed by atoms with Crippen LogP contribution in [0.3, 0.4) is 0 Å². The molecule has 2 amide bonds. The van der Waals surface area contributed by atoms with Gasteiger partial charge in [0, 0.05) is 31.2 Å². The van der Waals surface area contributed by atoms with Gasteiger partial charge in [0.15, 0.2) is 0 Å². The van der Waals surface area contributed by atoms with E-state index in [1.165, 1.54) is 12.8 Å². The molecule has 1 unspecified atom stereocenters. The van der Waals surface area contributed by atoms with Gasteiger partial charge in [-0.25, -0.2) is 0 Å². The number of hydrogen-bond acceptors (Lipinski definition) is 3. The van der Waals surface area contributed by atoms with Crippen LogP contribution in [0, 0.1) is 5.92 Å². The maximum atomic E-state index is 12.7. The van der Waals surface area contributed by atoms with Crippen molar-refractivity contribution < 1.29 is 9.59 Å². The Morgan fingerprint density at radius 3 is 2.76 bits per heavy atom. The minimum absolute atomic E-state index is 0.0796. The van der Waals surface area contributed by atoms with Crippen molar-refractivity contribution in [3.63, 3.8) is 0 Å². The largest absolute Gasteiger partial charge is 0.342 e. The molecule has 0 aromatic heterocycles. The minimum Gasteiger partial charge on any atom is -0.342 e. The third-order valence-electron chi connectivity index (χ3n) is 5.98. The zero-order chi connectivity index (χ0) is 17.2.